The van der Waals surface area contributed by atoms with Crippen molar-refractivity contribution in [3.05, 3.63) is 0 Å². The van der Waals surface area contributed by atoms with Crippen LogP contribution in [0.4, 0.5) is 13.2 Å². The molecule has 0 aromatic heterocycles. The normalized spacial score (nSPS) is 27.2. The molecule has 0 aromatic rings. The molecule has 0 amide bonds. The van der Waals surface area contributed by atoms with E-state index in [1.807, 2.05) is 0 Å². The van der Waals surface area contributed by atoms with Gasteiger partial charge in [-0.15, -0.1) is 11.6 Å². The zero-order chi connectivity index (χ0) is 11.3. The average molecular weight is 244 g/mol. The van der Waals surface area contributed by atoms with Crippen molar-refractivity contribution in [3.8, 4) is 0 Å². The maximum absolute atomic E-state index is 11.8. The number of hydrogen-bond acceptors (Lipinski definition) is 1. The van der Waals surface area contributed by atoms with Crippen molar-refractivity contribution >= 4 is 11.6 Å². The lowest BCUT2D eigenvalue weighted by atomic mass is 10.1. The number of halogens is 4. The Morgan fingerprint density at radius 1 is 1.27 bits per heavy atom. The molecule has 0 bridgehead atoms. The highest BCUT2D eigenvalue weighted by molar-refractivity contribution is 6.20. The zero-order valence-corrected chi connectivity index (χ0v) is 9.37. The molecule has 15 heavy (non-hydrogen) atoms. The summed E-state index contributed by atoms with van der Waals surface area (Å²) in [5.74, 6) is 0.554. The van der Waals surface area contributed by atoms with Gasteiger partial charge in [0.05, 0.1) is 0 Å². The van der Waals surface area contributed by atoms with Gasteiger partial charge in [-0.25, -0.2) is 0 Å². The highest BCUT2D eigenvalue weighted by atomic mass is 35.5. The molecule has 0 saturated heterocycles. The van der Waals surface area contributed by atoms with Crippen LogP contribution in [0, 0.1) is 5.92 Å². The third-order valence-electron chi connectivity index (χ3n) is 2.72. The second kappa shape index (κ2) is 5.94. The van der Waals surface area contributed by atoms with Crippen molar-refractivity contribution in [1.29, 1.82) is 0 Å². The standard InChI is InChI=1S/C10H17ClF3N/c11-9-3-2-8(6-9)7-15-5-1-4-10(12,13)14/h8-9,15H,1-7H2. The molecule has 1 nitrogen and oxygen atoms in total. The zero-order valence-electron chi connectivity index (χ0n) is 8.62. The lowest BCUT2D eigenvalue weighted by molar-refractivity contribution is -0.135. The fraction of sp³-hybridized carbons (Fsp3) is 1.00. The SMILES string of the molecule is FC(F)(F)CCCNCC1CCC(Cl)C1. The van der Waals surface area contributed by atoms with Crippen molar-refractivity contribution in [1.82, 2.24) is 5.32 Å². The molecule has 0 aliphatic heterocycles. The van der Waals surface area contributed by atoms with Crippen LogP contribution in [0.25, 0.3) is 0 Å². The summed E-state index contributed by atoms with van der Waals surface area (Å²) in [4.78, 5) is 0. The Morgan fingerprint density at radius 2 is 2.00 bits per heavy atom. The second-order valence-electron chi connectivity index (χ2n) is 4.20. The van der Waals surface area contributed by atoms with E-state index in [1.165, 1.54) is 0 Å². The van der Waals surface area contributed by atoms with Crippen molar-refractivity contribution in [3.63, 3.8) is 0 Å². The average Bonchev–Trinajstić information content (AvgIpc) is 2.49. The maximum Gasteiger partial charge on any atom is 0.389 e. The first-order chi connectivity index (χ1) is 6.97. The Kier molecular flexibility index (Phi) is 5.19. The summed E-state index contributed by atoms with van der Waals surface area (Å²) in [6.45, 7) is 1.25. The van der Waals surface area contributed by atoms with Crippen LogP contribution >= 0.6 is 11.6 Å². The van der Waals surface area contributed by atoms with Crippen molar-refractivity contribution in [2.75, 3.05) is 13.1 Å². The molecule has 1 rings (SSSR count). The Balaban J connectivity index is 1.93. The van der Waals surface area contributed by atoms with E-state index in [4.69, 9.17) is 11.6 Å². The minimum Gasteiger partial charge on any atom is -0.316 e. The summed E-state index contributed by atoms with van der Waals surface area (Å²) in [5.41, 5.74) is 0. The molecule has 2 unspecified atom stereocenters. The predicted octanol–water partition coefficient (Wildman–Crippen LogP) is 3.33. The summed E-state index contributed by atoms with van der Waals surface area (Å²) in [6.07, 6.45) is -1.41. The van der Waals surface area contributed by atoms with Crippen LogP contribution in [0.3, 0.4) is 0 Å². The number of nitrogens with one attached hydrogen (secondary N) is 1. The van der Waals surface area contributed by atoms with Gasteiger partial charge in [0.1, 0.15) is 0 Å². The molecule has 1 aliphatic carbocycles. The molecule has 2 atom stereocenters. The van der Waals surface area contributed by atoms with Gasteiger partial charge in [-0.05, 0) is 44.7 Å². The molecule has 0 radical (unpaired) electrons. The molecule has 1 saturated carbocycles. The molecule has 5 heteroatoms. The lowest BCUT2D eigenvalue weighted by Crippen LogP contribution is -2.23. The van der Waals surface area contributed by atoms with E-state index < -0.39 is 12.6 Å². The Morgan fingerprint density at radius 3 is 2.53 bits per heavy atom. The van der Waals surface area contributed by atoms with Crippen molar-refractivity contribution in [2.45, 2.75) is 43.7 Å². The maximum atomic E-state index is 11.8. The fourth-order valence-corrected chi connectivity index (χ4v) is 2.30. The minimum atomic E-state index is -4.02. The van der Waals surface area contributed by atoms with Gasteiger partial charge in [0.25, 0.3) is 0 Å². The number of hydrogen-bond donors (Lipinski definition) is 1. The van der Waals surface area contributed by atoms with E-state index in [0.717, 1.165) is 25.8 Å². The van der Waals surface area contributed by atoms with Crippen LogP contribution in [-0.2, 0) is 0 Å². The molecule has 0 aromatic carbocycles. The molecular formula is C10H17ClF3N. The van der Waals surface area contributed by atoms with Gasteiger partial charge >= 0.3 is 6.18 Å². The van der Waals surface area contributed by atoms with Gasteiger partial charge in [0.15, 0.2) is 0 Å². The second-order valence-corrected chi connectivity index (χ2v) is 4.82. The third kappa shape index (κ3) is 6.25. The quantitative estimate of drug-likeness (QED) is 0.577. The fourth-order valence-electron chi connectivity index (χ4n) is 1.92. The third-order valence-corrected chi connectivity index (χ3v) is 3.12. The van der Waals surface area contributed by atoms with E-state index in [-0.39, 0.29) is 11.8 Å². The lowest BCUT2D eigenvalue weighted by Gasteiger charge is -2.11. The first-order valence-corrected chi connectivity index (χ1v) is 5.82. The molecule has 90 valence electrons. The Hall–Kier alpha value is 0.0400. The summed E-state index contributed by atoms with van der Waals surface area (Å²) in [6, 6.07) is 0. The van der Waals surface area contributed by atoms with Crippen LogP contribution in [0.1, 0.15) is 32.1 Å². The van der Waals surface area contributed by atoms with Crippen molar-refractivity contribution < 1.29 is 13.2 Å². The van der Waals surface area contributed by atoms with Gasteiger partial charge in [-0.2, -0.15) is 13.2 Å². The van der Waals surface area contributed by atoms with Gasteiger partial charge in [-0.3, -0.25) is 0 Å². The molecule has 0 spiro atoms. The highest BCUT2D eigenvalue weighted by Gasteiger charge is 2.26. The molecular weight excluding hydrogens is 227 g/mol. The Labute approximate surface area is 93.4 Å². The van der Waals surface area contributed by atoms with E-state index >= 15 is 0 Å². The topological polar surface area (TPSA) is 12.0 Å². The van der Waals surface area contributed by atoms with E-state index in [9.17, 15) is 13.2 Å². The summed E-state index contributed by atoms with van der Waals surface area (Å²) in [7, 11) is 0. The largest absolute Gasteiger partial charge is 0.389 e. The first kappa shape index (κ1) is 13.1. The van der Waals surface area contributed by atoms with E-state index in [1.54, 1.807) is 0 Å². The van der Waals surface area contributed by atoms with Crippen LogP contribution in [0.15, 0.2) is 0 Å². The van der Waals surface area contributed by atoms with Crippen LogP contribution in [0.2, 0.25) is 0 Å². The van der Waals surface area contributed by atoms with Crippen LogP contribution < -0.4 is 5.32 Å². The van der Waals surface area contributed by atoms with E-state index in [2.05, 4.69) is 5.32 Å². The van der Waals surface area contributed by atoms with Crippen LogP contribution in [-0.4, -0.2) is 24.6 Å². The highest BCUT2D eigenvalue weighted by Crippen LogP contribution is 2.28. The van der Waals surface area contributed by atoms with Gasteiger partial charge < -0.3 is 5.32 Å². The van der Waals surface area contributed by atoms with Gasteiger partial charge in [0, 0.05) is 11.8 Å². The minimum absolute atomic E-state index is 0.167. The van der Waals surface area contributed by atoms with Gasteiger partial charge in [0.2, 0.25) is 0 Å². The molecule has 1 N–H and O–H groups in total. The molecule has 1 fully saturated rings. The summed E-state index contributed by atoms with van der Waals surface area (Å²) >= 11 is 5.93. The van der Waals surface area contributed by atoms with E-state index in [0.29, 0.717) is 12.5 Å². The molecule has 0 heterocycles. The van der Waals surface area contributed by atoms with Gasteiger partial charge in [-0.1, -0.05) is 0 Å². The molecule has 1 aliphatic rings. The monoisotopic (exact) mass is 243 g/mol. The summed E-state index contributed by atoms with van der Waals surface area (Å²) < 4.78 is 35.4. The number of alkyl halides is 4. The Bertz CT molecular complexity index is 184. The van der Waals surface area contributed by atoms with Crippen molar-refractivity contribution in [2.24, 2.45) is 5.92 Å². The predicted molar refractivity (Wildman–Crippen MR) is 55.1 cm³/mol. The number of rotatable bonds is 5. The first-order valence-electron chi connectivity index (χ1n) is 5.39. The smallest absolute Gasteiger partial charge is 0.316 e. The summed E-state index contributed by atoms with van der Waals surface area (Å²) in [5, 5.41) is 3.33. The van der Waals surface area contributed by atoms with Crippen LogP contribution in [0.5, 0.6) is 0 Å².